The normalized spacial score (nSPS) is 12.7. The van der Waals surface area contributed by atoms with E-state index in [-0.39, 0.29) is 10.8 Å². The number of phenolic OH excluding ortho intramolecular Hbond substituents is 1. The molecule has 29 heavy (non-hydrogen) atoms. The van der Waals surface area contributed by atoms with E-state index in [1.807, 2.05) is 18.2 Å². The van der Waals surface area contributed by atoms with Gasteiger partial charge in [-0.15, -0.1) is 0 Å². The number of H-pyrrole nitrogens is 1. The van der Waals surface area contributed by atoms with Crippen molar-refractivity contribution < 1.29 is 5.11 Å². The van der Waals surface area contributed by atoms with Crippen LogP contribution < -0.4 is 0 Å². The lowest BCUT2D eigenvalue weighted by molar-refractivity contribution is 0.456. The molecule has 4 nitrogen and oxygen atoms in total. The Hall–Kier alpha value is -2.36. The van der Waals surface area contributed by atoms with Gasteiger partial charge in [0.05, 0.1) is 0 Å². The molecule has 3 rings (SSSR count). The summed E-state index contributed by atoms with van der Waals surface area (Å²) >= 11 is 0. The van der Waals surface area contributed by atoms with Gasteiger partial charge in [-0.3, -0.25) is 0 Å². The van der Waals surface area contributed by atoms with Crippen molar-refractivity contribution in [2.45, 2.75) is 85.0 Å². The number of hydrogen-bond donors (Lipinski definition) is 2. The second kappa shape index (κ2) is 7.81. The Balaban J connectivity index is 2.36. The van der Waals surface area contributed by atoms with Gasteiger partial charge in [0.15, 0.2) is 0 Å². The average Bonchev–Trinajstić information content (AvgIpc) is 3.10. The van der Waals surface area contributed by atoms with Crippen molar-refractivity contribution >= 4 is 11.0 Å². The van der Waals surface area contributed by atoms with Gasteiger partial charge in [0.2, 0.25) is 0 Å². The van der Waals surface area contributed by atoms with Crippen LogP contribution in [0.4, 0.5) is 0 Å². The highest BCUT2D eigenvalue weighted by Gasteiger charge is 2.31. The van der Waals surface area contributed by atoms with E-state index in [0.717, 1.165) is 53.4 Å². The molecule has 0 bridgehead atoms. The minimum Gasteiger partial charge on any atom is -0.507 e. The van der Waals surface area contributed by atoms with Crippen molar-refractivity contribution in [3.8, 4) is 16.9 Å². The number of aromatic hydroxyl groups is 1. The van der Waals surface area contributed by atoms with Crippen molar-refractivity contribution in [1.82, 2.24) is 15.4 Å². The Labute approximate surface area is 174 Å². The first kappa shape index (κ1) is 21.4. The summed E-state index contributed by atoms with van der Waals surface area (Å²) in [5, 5.41) is 22.8. The number of para-hydroxylation sites is 1. The zero-order valence-electron chi connectivity index (χ0n) is 19.0. The highest BCUT2D eigenvalue weighted by atomic mass is 16.3. The number of unbranched alkanes of at least 4 members (excludes halogenated alkanes) is 2. The van der Waals surface area contributed by atoms with Crippen LogP contribution in [-0.4, -0.2) is 20.5 Å². The molecule has 1 heterocycles. The average molecular weight is 394 g/mol. The molecular weight excluding hydrogens is 358 g/mol. The lowest BCUT2D eigenvalue weighted by atomic mass is 9.71. The fourth-order valence-electron chi connectivity index (χ4n) is 4.26. The smallest absolute Gasteiger partial charge is 0.126 e. The van der Waals surface area contributed by atoms with Crippen LogP contribution in [-0.2, 0) is 17.3 Å². The summed E-state index contributed by atoms with van der Waals surface area (Å²) in [5.41, 5.74) is 6.97. The van der Waals surface area contributed by atoms with Crippen LogP contribution in [0, 0.1) is 0 Å². The van der Waals surface area contributed by atoms with E-state index in [1.54, 1.807) is 0 Å². The molecule has 3 aromatic rings. The van der Waals surface area contributed by atoms with E-state index < -0.39 is 0 Å². The highest BCUT2D eigenvalue weighted by Crippen LogP contribution is 2.46. The first-order valence-electron chi connectivity index (χ1n) is 10.8. The van der Waals surface area contributed by atoms with Crippen LogP contribution in [0.25, 0.3) is 22.2 Å². The molecule has 0 unspecified atom stereocenters. The van der Waals surface area contributed by atoms with Gasteiger partial charge < -0.3 is 5.11 Å². The third-order valence-corrected chi connectivity index (χ3v) is 5.63. The van der Waals surface area contributed by atoms with Crippen molar-refractivity contribution in [1.29, 1.82) is 0 Å². The van der Waals surface area contributed by atoms with Gasteiger partial charge in [-0.25, -0.2) is 0 Å². The highest BCUT2D eigenvalue weighted by molar-refractivity contribution is 5.93. The molecule has 4 heteroatoms. The van der Waals surface area contributed by atoms with Gasteiger partial charge >= 0.3 is 0 Å². The Bertz CT molecular complexity index is 1000. The molecule has 0 saturated carbocycles. The van der Waals surface area contributed by atoms with Crippen LogP contribution in [0.3, 0.4) is 0 Å². The molecule has 0 radical (unpaired) electrons. The van der Waals surface area contributed by atoms with Gasteiger partial charge in [0.1, 0.15) is 16.8 Å². The maximum atomic E-state index is 11.5. The summed E-state index contributed by atoms with van der Waals surface area (Å²) in [7, 11) is 0. The van der Waals surface area contributed by atoms with Crippen molar-refractivity contribution in [3.05, 3.63) is 41.0 Å². The SMILES string of the molecule is CCCCCc1c(O)c(-c2cccc3n[nH]nc23)cc(C(C)(C)C)c1C(C)(C)C. The summed E-state index contributed by atoms with van der Waals surface area (Å²) in [6.45, 7) is 15.7. The lowest BCUT2D eigenvalue weighted by Gasteiger charge is -2.34. The predicted molar refractivity (Wildman–Crippen MR) is 122 cm³/mol. The number of hydrogen-bond acceptors (Lipinski definition) is 3. The van der Waals surface area contributed by atoms with Gasteiger partial charge in [0, 0.05) is 11.1 Å². The third kappa shape index (κ3) is 4.17. The van der Waals surface area contributed by atoms with Crippen LogP contribution in [0.1, 0.15) is 84.4 Å². The van der Waals surface area contributed by atoms with Crippen molar-refractivity contribution in [2.24, 2.45) is 0 Å². The Morgan fingerprint density at radius 3 is 2.28 bits per heavy atom. The molecule has 0 atom stereocenters. The minimum absolute atomic E-state index is 0.0394. The number of benzene rings is 2. The molecule has 0 amide bonds. The quantitative estimate of drug-likeness (QED) is 0.477. The van der Waals surface area contributed by atoms with E-state index in [4.69, 9.17) is 0 Å². The summed E-state index contributed by atoms with van der Waals surface area (Å²) in [4.78, 5) is 0. The van der Waals surface area contributed by atoms with Gasteiger partial charge in [-0.2, -0.15) is 15.4 Å². The first-order valence-corrected chi connectivity index (χ1v) is 10.8. The number of nitrogens with zero attached hydrogens (tertiary/aromatic N) is 2. The molecule has 0 aliphatic rings. The molecule has 0 saturated heterocycles. The second-order valence-corrected chi connectivity index (χ2v) is 10.1. The van der Waals surface area contributed by atoms with E-state index in [1.165, 1.54) is 11.1 Å². The van der Waals surface area contributed by atoms with E-state index in [2.05, 4.69) is 69.9 Å². The van der Waals surface area contributed by atoms with Crippen LogP contribution >= 0.6 is 0 Å². The van der Waals surface area contributed by atoms with Crippen molar-refractivity contribution in [2.75, 3.05) is 0 Å². The Kier molecular flexibility index (Phi) is 5.75. The zero-order valence-corrected chi connectivity index (χ0v) is 19.0. The minimum atomic E-state index is -0.0555. The molecule has 0 aliphatic heterocycles. The number of phenols is 1. The molecular formula is C25H35N3O. The number of fused-ring (bicyclic) bond motifs is 1. The monoisotopic (exact) mass is 393 g/mol. The second-order valence-electron chi connectivity index (χ2n) is 10.1. The maximum Gasteiger partial charge on any atom is 0.126 e. The number of rotatable bonds is 5. The first-order chi connectivity index (χ1) is 13.6. The lowest BCUT2D eigenvalue weighted by Crippen LogP contribution is -2.24. The van der Waals surface area contributed by atoms with E-state index >= 15 is 0 Å². The van der Waals surface area contributed by atoms with Gasteiger partial charge in [-0.1, -0.05) is 73.4 Å². The predicted octanol–water partition coefficient (Wildman–Crippen LogP) is 6.66. The molecule has 156 valence electrons. The Morgan fingerprint density at radius 2 is 1.66 bits per heavy atom. The number of nitrogens with one attached hydrogen (secondary N) is 1. The number of aromatic amines is 1. The summed E-state index contributed by atoms with van der Waals surface area (Å²) < 4.78 is 0. The Morgan fingerprint density at radius 1 is 0.931 bits per heavy atom. The fourth-order valence-corrected chi connectivity index (χ4v) is 4.26. The standard InChI is InChI=1S/C25H35N3O/c1-8-9-10-12-17-21(25(5,6)7)19(24(2,3)4)15-18(23(17)29)16-13-11-14-20-22(16)27-28-26-20/h11,13-15,29H,8-10,12H2,1-7H3,(H,26,27,28). The van der Waals surface area contributed by atoms with Gasteiger partial charge in [-0.05, 0) is 52.5 Å². The fraction of sp³-hybridized carbons (Fsp3) is 0.520. The summed E-state index contributed by atoms with van der Waals surface area (Å²) in [5.74, 6) is 0.398. The van der Waals surface area contributed by atoms with Crippen LogP contribution in [0.5, 0.6) is 5.75 Å². The molecule has 0 fully saturated rings. The van der Waals surface area contributed by atoms with Gasteiger partial charge in [0.25, 0.3) is 0 Å². The maximum absolute atomic E-state index is 11.5. The molecule has 2 aromatic carbocycles. The largest absolute Gasteiger partial charge is 0.507 e. The molecule has 0 aliphatic carbocycles. The van der Waals surface area contributed by atoms with E-state index in [9.17, 15) is 5.11 Å². The van der Waals surface area contributed by atoms with Crippen LogP contribution in [0.2, 0.25) is 0 Å². The summed E-state index contributed by atoms with van der Waals surface area (Å²) in [6.07, 6.45) is 4.29. The molecule has 1 aromatic heterocycles. The molecule has 2 N–H and O–H groups in total. The zero-order chi connectivity index (χ0) is 21.4. The molecule has 0 spiro atoms. The number of aromatic nitrogens is 3. The van der Waals surface area contributed by atoms with E-state index in [0.29, 0.717) is 5.75 Å². The van der Waals surface area contributed by atoms with Crippen molar-refractivity contribution in [3.63, 3.8) is 0 Å². The summed E-state index contributed by atoms with van der Waals surface area (Å²) in [6, 6.07) is 8.13. The topological polar surface area (TPSA) is 61.8 Å². The third-order valence-electron chi connectivity index (χ3n) is 5.63. The van der Waals surface area contributed by atoms with Crippen LogP contribution in [0.15, 0.2) is 24.3 Å².